The molecule has 1 N–H and O–H groups in total. The Morgan fingerprint density at radius 3 is 2.19 bits per heavy atom. The molecular weight excluding hydrogens is 456 g/mol. The van der Waals surface area contributed by atoms with Gasteiger partial charge in [0.2, 0.25) is 5.95 Å². The largest absolute Gasteiger partial charge is 0.462 e. The van der Waals surface area contributed by atoms with E-state index in [0.717, 1.165) is 43.4 Å². The number of carbonyl (C=O) groups is 2. The van der Waals surface area contributed by atoms with Crippen molar-refractivity contribution in [3.63, 3.8) is 0 Å². The summed E-state index contributed by atoms with van der Waals surface area (Å²) in [6.07, 6.45) is 3.23. The van der Waals surface area contributed by atoms with Gasteiger partial charge in [-0.05, 0) is 49.4 Å². The van der Waals surface area contributed by atoms with Crippen LogP contribution in [0.2, 0.25) is 0 Å². The molecule has 3 heterocycles. The molecule has 1 aliphatic heterocycles. The zero-order valence-corrected chi connectivity index (χ0v) is 21.2. The van der Waals surface area contributed by atoms with Crippen molar-refractivity contribution in [3.8, 4) is 0 Å². The molecule has 4 rings (SSSR count). The van der Waals surface area contributed by atoms with Gasteiger partial charge in [0.1, 0.15) is 5.82 Å². The van der Waals surface area contributed by atoms with Crippen LogP contribution >= 0.6 is 0 Å². The molecule has 9 nitrogen and oxygen atoms in total. The summed E-state index contributed by atoms with van der Waals surface area (Å²) in [5.74, 6) is 0.511. The lowest BCUT2D eigenvalue weighted by Crippen LogP contribution is -2.46. The SMILES string of the molecule is CCOC(=O)c1ccc(N2CCN(c3ccc(C(=O)Nc4nccc(C(C)(C)C)n4)cn3)CC2)cc1. The van der Waals surface area contributed by atoms with Gasteiger partial charge in [0.15, 0.2) is 0 Å². The van der Waals surface area contributed by atoms with E-state index in [-0.39, 0.29) is 23.2 Å². The molecule has 9 heteroatoms. The monoisotopic (exact) mass is 488 g/mol. The molecule has 0 bridgehead atoms. The van der Waals surface area contributed by atoms with Gasteiger partial charge in [0.25, 0.3) is 5.91 Å². The molecule has 36 heavy (non-hydrogen) atoms. The Morgan fingerprint density at radius 2 is 1.58 bits per heavy atom. The molecule has 1 aliphatic rings. The number of hydrogen-bond acceptors (Lipinski definition) is 8. The lowest BCUT2D eigenvalue weighted by Gasteiger charge is -2.36. The quantitative estimate of drug-likeness (QED) is 0.521. The highest BCUT2D eigenvalue weighted by molar-refractivity contribution is 6.03. The summed E-state index contributed by atoms with van der Waals surface area (Å²) < 4.78 is 5.05. The molecule has 2 aromatic heterocycles. The number of amides is 1. The van der Waals surface area contributed by atoms with Gasteiger partial charge in [-0.2, -0.15) is 0 Å². The van der Waals surface area contributed by atoms with E-state index < -0.39 is 0 Å². The van der Waals surface area contributed by atoms with Gasteiger partial charge in [-0.3, -0.25) is 10.1 Å². The van der Waals surface area contributed by atoms with Crippen molar-refractivity contribution in [1.29, 1.82) is 0 Å². The molecule has 3 aromatic rings. The Kier molecular flexibility index (Phi) is 7.47. The fourth-order valence-electron chi connectivity index (χ4n) is 3.93. The van der Waals surface area contributed by atoms with Gasteiger partial charge in [-0.1, -0.05) is 20.8 Å². The van der Waals surface area contributed by atoms with Crippen molar-refractivity contribution in [2.75, 3.05) is 47.9 Å². The highest BCUT2D eigenvalue weighted by Gasteiger charge is 2.20. The van der Waals surface area contributed by atoms with Crippen LogP contribution in [0.1, 0.15) is 54.1 Å². The molecule has 0 unspecified atom stereocenters. The van der Waals surface area contributed by atoms with Crippen LogP contribution in [-0.2, 0) is 10.2 Å². The van der Waals surface area contributed by atoms with Gasteiger partial charge < -0.3 is 14.5 Å². The van der Waals surface area contributed by atoms with E-state index in [1.165, 1.54) is 0 Å². The average molecular weight is 489 g/mol. The lowest BCUT2D eigenvalue weighted by molar-refractivity contribution is 0.0526. The summed E-state index contributed by atoms with van der Waals surface area (Å²) in [7, 11) is 0. The number of carbonyl (C=O) groups excluding carboxylic acids is 2. The van der Waals surface area contributed by atoms with E-state index in [1.807, 2.05) is 24.3 Å². The number of rotatable bonds is 6. The van der Waals surface area contributed by atoms with E-state index in [0.29, 0.717) is 17.7 Å². The first kappa shape index (κ1) is 25.1. The smallest absolute Gasteiger partial charge is 0.338 e. The van der Waals surface area contributed by atoms with Crippen LogP contribution in [0, 0.1) is 0 Å². The zero-order valence-electron chi connectivity index (χ0n) is 21.2. The topological polar surface area (TPSA) is 101 Å². The fraction of sp³-hybridized carbons (Fsp3) is 0.370. The molecule has 188 valence electrons. The third kappa shape index (κ3) is 5.97. The summed E-state index contributed by atoms with van der Waals surface area (Å²) in [5, 5.41) is 2.76. The molecule has 0 spiro atoms. The minimum absolute atomic E-state index is 0.137. The van der Waals surface area contributed by atoms with Crippen molar-refractivity contribution in [2.24, 2.45) is 0 Å². The van der Waals surface area contributed by atoms with Crippen molar-refractivity contribution in [1.82, 2.24) is 15.0 Å². The Bertz CT molecular complexity index is 1200. The Labute approximate surface area is 211 Å². The number of aromatic nitrogens is 3. The highest BCUT2D eigenvalue weighted by Crippen LogP contribution is 2.22. The number of esters is 1. The first-order valence-corrected chi connectivity index (χ1v) is 12.1. The molecular formula is C27H32N6O3. The molecule has 1 saturated heterocycles. The van der Waals surface area contributed by atoms with Crippen LogP contribution in [-0.4, -0.2) is 59.6 Å². The van der Waals surface area contributed by atoms with E-state index in [2.05, 4.69) is 50.8 Å². The zero-order chi connectivity index (χ0) is 25.7. The maximum absolute atomic E-state index is 12.7. The van der Waals surface area contributed by atoms with Crippen LogP contribution in [0.3, 0.4) is 0 Å². The maximum atomic E-state index is 12.7. The molecule has 0 saturated carbocycles. The average Bonchev–Trinajstić information content (AvgIpc) is 2.89. The van der Waals surface area contributed by atoms with Crippen LogP contribution < -0.4 is 15.1 Å². The van der Waals surface area contributed by atoms with Gasteiger partial charge in [-0.25, -0.2) is 19.7 Å². The Balaban J connectivity index is 1.33. The van der Waals surface area contributed by atoms with Crippen molar-refractivity contribution in [3.05, 3.63) is 71.7 Å². The summed E-state index contributed by atoms with van der Waals surface area (Å²) >= 11 is 0. The van der Waals surface area contributed by atoms with Crippen LogP contribution in [0.25, 0.3) is 0 Å². The molecule has 1 amide bonds. The number of piperazine rings is 1. The van der Waals surface area contributed by atoms with E-state index in [4.69, 9.17) is 4.74 Å². The fourth-order valence-corrected chi connectivity index (χ4v) is 3.93. The molecule has 0 aliphatic carbocycles. The van der Waals surface area contributed by atoms with Crippen LogP contribution in [0.5, 0.6) is 0 Å². The lowest BCUT2D eigenvalue weighted by atomic mass is 9.92. The van der Waals surface area contributed by atoms with E-state index >= 15 is 0 Å². The van der Waals surface area contributed by atoms with Gasteiger partial charge in [0, 0.05) is 49.7 Å². The summed E-state index contributed by atoms with van der Waals surface area (Å²) in [4.78, 5) is 42.2. The van der Waals surface area contributed by atoms with Gasteiger partial charge in [-0.15, -0.1) is 0 Å². The maximum Gasteiger partial charge on any atom is 0.338 e. The van der Waals surface area contributed by atoms with E-state index in [1.54, 1.807) is 37.5 Å². The van der Waals surface area contributed by atoms with Crippen molar-refractivity contribution < 1.29 is 14.3 Å². The third-order valence-corrected chi connectivity index (χ3v) is 6.01. The number of pyridine rings is 1. The third-order valence-electron chi connectivity index (χ3n) is 6.01. The second-order valence-electron chi connectivity index (χ2n) is 9.62. The first-order chi connectivity index (χ1) is 17.2. The molecule has 0 radical (unpaired) electrons. The predicted octanol–water partition coefficient (Wildman–Crippen LogP) is 3.92. The first-order valence-electron chi connectivity index (χ1n) is 12.1. The Hall–Kier alpha value is -4.01. The second-order valence-corrected chi connectivity index (χ2v) is 9.62. The highest BCUT2D eigenvalue weighted by atomic mass is 16.5. The number of nitrogens with zero attached hydrogens (tertiary/aromatic N) is 5. The predicted molar refractivity (Wildman–Crippen MR) is 140 cm³/mol. The Morgan fingerprint density at radius 1 is 0.917 bits per heavy atom. The summed E-state index contributed by atoms with van der Waals surface area (Å²) in [6.45, 7) is 11.6. The van der Waals surface area contributed by atoms with Gasteiger partial charge in [0.05, 0.1) is 23.4 Å². The van der Waals surface area contributed by atoms with Crippen molar-refractivity contribution >= 4 is 29.3 Å². The number of hydrogen-bond donors (Lipinski definition) is 1. The summed E-state index contributed by atoms with van der Waals surface area (Å²) in [6, 6.07) is 13.0. The second kappa shape index (κ2) is 10.7. The number of nitrogens with one attached hydrogen (secondary N) is 1. The molecule has 1 fully saturated rings. The normalized spacial score (nSPS) is 13.9. The standard InChI is InChI=1S/C27H32N6O3/c1-5-36-25(35)19-6-9-21(10-7-19)32-14-16-33(17-15-32)23-11-8-20(18-29-23)24(34)31-26-28-13-12-22(30-26)27(2,3)4/h6-13,18H,5,14-17H2,1-4H3,(H,28,30,31,34). The van der Waals surface area contributed by atoms with Crippen LogP contribution in [0.4, 0.5) is 17.5 Å². The minimum Gasteiger partial charge on any atom is -0.462 e. The van der Waals surface area contributed by atoms with Crippen molar-refractivity contribution in [2.45, 2.75) is 33.1 Å². The summed E-state index contributed by atoms with van der Waals surface area (Å²) in [5.41, 5.74) is 2.79. The number of ether oxygens (including phenoxy) is 1. The molecule has 1 aromatic carbocycles. The molecule has 0 atom stereocenters. The number of anilines is 3. The van der Waals surface area contributed by atoms with E-state index in [9.17, 15) is 9.59 Å². The van der Waals surface area contributed by atoms with Gasteiger partial charge >= 0.3 is 5.97 Å². The minimum atomic E-state index is -0.303. The van der Waals surface area contributed by atoms with Crippen LogP contribution in [0.15, 0.2) is 54.9 Å². The number of benzene rings is 1.